The Morgan fingerprint density at radius 1 is 1.27 bits per heavy atom. The molecule has 3 rings (SSSR count). The fraction of sp³-hybridized carbons (Fsp3) is 0.467. The molecule has 0 unspecified atom stereocenters. The van der Waals surface area contributed by atoms with Gasteiger partial charge in [-0.3, -0.25) is 0 Å². The van der Waals surface area contributed by atoms with Crippen molar-refractivity contribution >= 4 is 40.8 Å². The predicted octanol–water partition coefficient (Wildman–Crippen LogP) is 4.46. The summed E-state index contributed by atoms with van der Waals surface area (Å²) in [6.07, 6.45) is 7.89. The first-order valence-corrected chi connectivity index (χ1v) is 9.22. The Morgan fingerprint density at radius 3 is 2.59 bits per heavy atom. The van der Waals surface area contributed by atoms with Gasteiger partial charge >= 0.3 is 0 Å². The standard InChI is InChI=1S/C15H18Cl2N4S/c1-10-14(17)12(16)9-21(10)11-4-7-20(8-5-11)13-3-6-18-15(19-13)22-2/h3,6,9,11H,4-5,7-8H2,1-2H3. The van der Waals surface area contributed by atoms with E-state index in [2.05, 4.69) is 19.4 Å². The molecular formula is C15H18Cl2N4S. The van der Waals surface area contributed by atoms with Crippen molar-refractivity contribution in [2.45, 2.75) is 31.0 Å². The van der Waals surface area contributed by atoms with Crippen molar-refractivity contribution < 1.29 is 0 Å². The topological polar surface area (TPSA) is 34.0 Å². The van der Waals surface area contributed by atoms with Crippen molar-refractivity contribution in [3.8, 4) is 0 Å². The molecule has 7 heteroatoms. The van der Waals surface area contributed by atoms with Gasteiger partial charge in [-0.25, -0.2) is 9.97 Å². The summed E-state index contributed by atoms with van der Waals surface area (Å²) in [4.78, 5) is 11.1. The second kappa shape index (κ2) is 6.69. The monoisotopic (exact) mass is 356 g/mol. The summed E-state index contributed by atoms with van der Waals surface area (Å²) in [6.45, 7) is 3.97. The van der Waals surface area contributed by atoms with Crippen molar-refractivity contribution in [3.63, 3.8) is 0 Å². The lowest BCUT2D eigenvalue weighted by molar-refractivity contribution is 0.390. The molecule has 1 saturated heterocycles. The SMILES string of the molecule is CSc1nccc(N2CCC(n3cc(Cl)c(Cl)c3C)CC2)n1. The molecule has 0 saturated carbocycles. The maximum absolute atomic E-state index is 6.19. The zero-order valence-corrected chi connectivity index (χ0v) is 14.9. The summed E-state index contributed by atoms with van der Waals surface area (Å²) in [5.41, 5.74) is 1.05. The van der Waals surface area contributed by atoms with E-state index in [1.54, 1.807) is 11.8 Å². The highest BCUT2D eigenvalue weighted by Crippen LogP contribution is 2.33. The van der Waals surface area contributed by atoms with Crippen LogP contribution in [0.25, 0.3) is 0 Å². The highest BCUT2D eigenvalue weighted by molar-refractivity contribution is 7.98. The van der Waals surface area contributed by atoms with Crippen LogP contribution in [0.5, 0.6) is 0 Å². The van der Waals surface area contributed by atoms with E-state index in [4.69, 9.17) is 23.2 Å². The lowest BCUT2D eigenvalue weighted by atomic mass is 10.0. The summed E-state index contributed by atoms with van der Waals surface area (Å²) in [6, 6.07) is 2.43. The third kappa shape index (κ3) is 3.07. The van der Waals surface area contributed by atoms with E-state index in [1.165, 1.54) is 0 Å². The Bertz CT molecular complexity index is 666. The Morgan fingerprint density at radius 2 is 2.00 bits per heavy atom. The molecule has 118 valence electrons. The molecule has 0 aromatic carbocycles. The number of nitrogens with zero attached hydrogens (tertiary/aromatic N) is 4. The Hall–Kier alpha value is -0.910. The number of aromatic nitrogens is 3. The van der Waals surface area contributed by atoms with E-state index in [0.29, 0.717) is 16.1 Å². The van der Waals surface area contributed by atoms with Gasteiger partial charge in [-0.05, 0) is 32.1 Å². The van der Waals surface area contributed by atoms with Crippen molar-refractivity contribution in [2.75, 3.05) is 24.2 Å². The van der Waals surface area contributed by atoms with Gasteiger partial charge in [-0.1, -0.05) is 35.0 Å². The number of halogens is 2. The Labute approximate surface area is 144 Å². The fourth-order valence-electron chi connectivity index (χ4n) is 2.92. The first-order valence-electron chi connectivity index (χ1n) is 7.24. The molecule has 2 aromatic rings. The van der Waals surface area contributed by atoms with E-state index in [0.717, 1.165) is 42.6 Å². The van der Waals surface area contributed by atoms with Crippen LogP contribution in [0, 0.1) is 6.92 Å². The van der Waals surface area contributed by atoms with Crippen LogP contribution < -0.4 is 4.90 Å². The van der Waals surface area contributed by atoms with Crippen molar-refractivity contribution in [3.05, 3.63) is 34.2 Å². The third-order valence-electron chi connectivity index (χ3n) is 4.15. The van der Waals surface area contributed by atoms with Crippen LogP contribution in [0.2, 0.25) is 10.0 Å². The summed E-state index contributed by atoms with van der Waals surface area (Å²) in [5.74, 6) is 1.01. The summed E-state index contributed by atoms with van der Waals surface area (Å²) >= 11 is 13.9. The molecule has 1 fully saturated rings. The smallest absolute Gasteiger partial charge is 0.189 e. The van der Waals surface area contributed by atoms with Gasteiger partial charge in [0.15, 0.2) is 5.16 Å². The number of rotatable bonds is 3. The molecule has 0 bridgehead atoms. The van der Waals surface area contributed by atoms with E-state index < -0.39 is 0 Å². The van der Waals surface area contributed by atoms with Gasteiger partial charge in [-0.15, -0.1) is 0 Å². The van der Waals surface area contributed by atoms with Crippen molar-refractivity contribution in [1.82, 2.24) is 14.5 Å². The van der Waals surface area contributed by atoms with Crippen molar-refractivity contribution in [1.29, 1.82) is 0 Å². The van der Waals surface area contributed by atoms with Gasteiger partial charge in [-0.2, -0.15) is 0 Å². The lowest BCUT2D eigenvalue weighted by Crippen LogP contribution is -2.35. The number of hydrogen-bond acceptors (Lipinski definition) is 4. The average molecular weight is 357 g/mol. The largest absolute Gasteiger partial charge is 0.356 e. The van der Waals surface area contributed by atoms with Crippen molar-refractivity contribution in [2.24, 2.45) is 0 Å². The van der Waals surface area contributed by atoms with Crippen LogP contribution in [0.4, 0.5) is 5.82 Å². The highest BCUT2D eigenvalue weighted by Gasteiger charge is 2.24. The van der Waals surface area contributed by atoms with Gasteiger partial charge in [0.25, 0.3) is 0 Å². The first-order chi connectivity index (χ1) is 10.6. The lowest BCUT2D eigenvalue weighted by Gasteiger charge is -2.34. The molecule has 2 aromatic heterocycles. The van der Waals surface area contributed by atoms with E-state index >= 15 is 0 Å². The maximum atomic E-state index is 6.19. The van der Waals surface area contributed by atoms with Crippen LogP contribution in [0.15, 0.2) is 23.6 Å². The second-order valence-electron chi connectivity index (χ2n) is 5.40. The average Bonchev–Trinajstić information content (AvgIpc) is 2.82. The Balaban J connectivity index is 1.70. The molecule has 0 atom stereocenters. The molecule has 0 amide bonds. The number of thioether (sulfide) groups is 1. The number of anilines is 1. The van der Waals surface area contributed by atoms with E-state index in [-0.39, 0.29) is 0 Å². The van der Waals surface area contributed by atoms with Crippen LogP contribution in [0.1, 0.15) is 24.6 Å². The van der Waals surface area contributed by atoms with E-state index in [9.17, 15) is 0 Å². The minimum atomic E-state index is 0.447. The molecule has 3 heterocycles. The first kappa shape index (κ1) is 16.0. The fourth-order valence-corrected chi connectivity index (χ4v) is 3.66. The molecule has 0 spiro atoms. The van der Waals surface area contributed by atoms with Gasteiger partial charge in [0.05, 0.1) is 10.0 Å². The van der Waals surface area contributed by atoms with Gasteiger partial charge in [0, 0.05) is 37.2 Å². The quantitative estimate of drug-likeness (QED) is 0.600. The molecule has 0 N–H and O–H groups in total. The molecule has 1 aliphatic rings. The minimum absolute atomic E-state index is 0.447. The van der Waals surface area contributed by atoms with Gasteiger partial charge in [0.1, 0.15) is 5.82 Å². The third-order valence-corrected chi connectivity index (χ3v) is 5.57. The molecule has 0 aliphatic carbocycles. The predicted molar refractivity (Wildman–Crippen MR) is 93.5 cm³/mol. The maximum Gasteiger partial charge on any atom is 0.189 e. The molecule has 4 nitrogen and oxygen atoms in total. The second-order valence-corrected chi connectivity index (χ2v) is 6.96. The van der Waals surface area contributed by atoms with E-state index in [1.807, 2.05) is 31.6 Å². The molecule has 22 heavy (non-hydrogen) atoms. The summed E-state index contributed by atoms with van der Waals surface area (Å²) in [5, 5.41) is 2.13. The zero-order chi connectivity index (χ0) is 15.7. The highest BCUT2D eigenvalue weighted by atomic mass is 35.5. The summed E-state index contributed by atoms with van der Waals surface area (Å²) in [7, 11) is 0. The molecule has 0 radical (unpaired) electrons. The number of piperidine rings is 1. The minimum Gasteiger partial charge on any atom is -0.356 e. The van der Waals surface area contributed by atoms with Gasteiger partial charge < -0.3 is 9.47 Å². The van der Waals surface area contributed by atoms with Gasteiger partial charge in [0.2, 0.25) is 0 Å². The molecule has 1 aliphatic heterocycles. The zero-order valence-electron chi connectivity index (χ0n) is 12.6. The number of hydrogen-bond donors (Lipinski definition) is 0. The van der Waals surface area contributed by atoms with Crippen LogP contribution in [0.3, 0.4) is 0 Å². The van der Waals surface area contributed by atoms with Crippen LogP contribution in [-0.2, 0) is 0 Å². The molecular weight excluding hydrogens is 339 g/mol. The normalized spacial score (nSPS) is 16.3. The Kier molecular flexibility index (Phi) is 4.85. The van der Waals surface area contributed by atoms with Crippen LogP contribution in [-0.4, -0.2) is 33.9 Å². The van der Waals surface area contributed by atoms with Crippen LogP contribution >= 0.6 is 35.0 Å². The summed E-state index contributed by atoms with van der Waals surface area (Å²) < 4.78 is 2.22.